The molecule has 0 spiro atoms. The average molecular weight is 504 g/mol. The molecule has 10 atom stereocenters. The summed E-state index contributed by atoms with van der Waals surface area (Å²) < 4.78 is 6.07. The van der Waals surface area contributed by atoms with Gasteiger partial charge in [-0.1, -0.05) is 60.3 Å². The number of esters is 1. The van der Waals surface area contributed by atoms with Crippen LogP contribution in [0.25, 0.3) is 0 Å². The molecule has 2 N–H and O–H groups in total. The highest BCUT2D eigenvalue weighted by Crippen LogP contribution is 2.69. The van der Waals surface area contributed by atoms with Crippen LogP contribution in [0.15, 0.2) is 0 Å². The van der Waals surface area contributed by atoms with Crippen LogP contribution in [0.3, 0.4) is 0 Å². The molecule has 5 heteroatoms. The van der Waals surface area contributed by atoms with E-state index in [-0.39, 0.29) is 17.3 Å². The van der Waals surface area contributed by atoms with E-state index >= 15 is 0 Å². The van der Waals surface area contributed by atoms with Crippen molar-refractivity contribution in [3.8, 4) is 0 Å². The van der Waals surface area contributed by atoms with Crippen molar-refractivity contribution in [1.29, 1.82) is 0 Å². The third-order valence-corrected chi connectivity index (χ3v) is 11.8. The average Bonchev–Trinajstić information content (AvgIpc) is 3.12. The summed E-state index contributed by atoms with van der Waals surface area (Å²) in [5.41, 5.74) is -0.863. The molecule has 0 bridgehead atoms. The van der Waals surface area contributed by atoms with Gasteiger partial charge in [-0.25, -0.2) is 0 Å². The lowest BCUT2D eigenvalue weighted by atomic mass is 9.41. The minimum absolute atomic E-state index is 0.144. The zero-order valence-corrected chi connectivity index (χ0v) is 24.1. The molecule has 4 rings (SSSR count). The Kier molecular flexibility index (Phi) is 7.93. The Bertz CT molecular complexity index is 827. The lowest BCUT2D eigenvalue weighted by Gasteiger charge is -2.68. The Morgan fingerprint density at radius 3 is 2.36 bits per heavy atom. The van der Waals surface area contributed by atoms with Crippen molar-refractivity contribution in [2.45, 2.75) is 137 Å². The van der Waals surface area contributed by atoms with Crippen LogP contribution in [0, 0.1) is 46.3 Å². The Labute approximate surface area is 219 Å². The van der Waals surface area contributed by atoms with Gasteiger partial charge in [0.1, 0.15) is 11.6 Å². The van der Waals surface area contributed by atoms with Crippen LogP contribution < -0.4 is 5.32 Å². The third kappa shape index (κ3) is 4.43. The predicted molar refractivity (Wildman–Crippen MR) is 143 cm³/mol. The molecule has 0 heterocycles. The molecule has 0 aromatic carbocycles. The number of rotatable bonds is 7. The molecule has 4 saturated carbocycles. The van der Waals surface area contributed by atoms with E-state index in [1.807, 2.05) is 0 Å². The molecule has 0 aromatic rings. The van der Waals surface area contributed by atoms with Gasteiger partial charge in [0.05, 0.1) is 6.10 Å². The molecule has 1 amide bonds. The van der Waals surface area contributed by atoms with Gasteiger partial charge < -0.3 is 15.2 Å². The maximum absolute atomic E-state index is 12.6. The van der Waals surface area contributed by atoms with E-state index in [0.29, 0.717) is 29.6 Å². The maximum atomic E-state index is 12.6. The summed E-state index contributed by atoms with van der Waals surface area (Å²) in [5.74, 6) is 3.34. The molecule has 0 radical (unpaired) electrons. The number of nitrogens with one attached hydrogen (secondary N) is 1. The molecule has 0 saturated heterocycles. The van der Waals surface area contributed by atoms with E-state index < -0.39 is 17.7 Å². The van der Waals surface area contributed by atoms with E-state index in [1.165, 1.54) is 52.4 Å². The summed E-state index contributed by atoms with van der Waals surface area (Å²) in [7, 11) is 0. The fraction of sp³-hybridized carbons (Fsp3) is 0.935. The third-order valence-electron chi connectivity index (χ3n) is 11.8. The summed E-state index contributed by atoms with van der Waals surface area (Å²) in [6.45, 7) is 15.0. The van der Waals surface area contributed by atoms with Gasteiger partial charge in [-0.05, 0) is 91.3 Å². The smallest absolute Gasteiger partial charge is 0.302 e. The lowest BCUT2D eigenvalue weighted by Crippen LogP contribution is -2.78. The molecule has 0 aromatic heterocycles. The van der Waals surface area contributed by atoms with Gasteiger partial charge in [0.15, 0.2) is 0 Å². The molecular weight excluding hydrogens is 450 g/mol. The van der Waals surface area contributed by atoms with Crippen LogP contribution in [0.4, 0.5) is 0 Å². The first-order valence-electron chi connectivity index (χ1n) is 15.0. The monoisotopic (exact) mass is 503 g/mol. The molecule has 0 aliphatic heterocycles. The molecule has 5 nitrogen and oxygen atoms in total. The first-order chi connectivity index (χ1) is 16.9. The van der Waals surface area contributed by atoms with E-state index in [4.69, 9.17) is 4.74 Å². The Hall–Kier alpha value is -1.10. The van der Waals surface area contributed by atoms with Crippen molar-refractivity contribution in [1.82, 2.24) is 5.32 Å². The molecule has 4 aliphatic rings. The molecule has 4 aliphatic carbocycles. The molecule has 0 unspecified atom stereocenters. The highest BCUT2D eigenvalue weighted by molar-refractivity contribution is 5.74. The van der Waals surface area contributed by atoms with Gasteiger partial charge >= 0.3 is 5.97 Å². The molecule has 36 heavy (non-hydrogen) atoms. The first kappa shape index (κ1) is 27.9. The zero-order valence-electron chi connectivity index (χ0n) is 24.1. The van der Waals surface area contributed by atoms with E-state index in [0.717, 1.165) is 43.4 Å². The Morgan fingerprint density at radius 1 is 1.00 bits per heavy atom. The number of carbonyl (C=O) groups excluding carboxylic acids is 2. The Morgan fingerprint density at radius 2 is 1.72 bits per heavy atom. The summed E-state index contributed by atoms with van der Waals surface area (Å²) in [6, 6.07) is 0. The number of amides is 1. The second-order valence-corrected chi connectivity index (χ2v) is 14.1. The molecule has 206 valence electrons. The number of hydrogen-bond donors (Lipinski definition) is 2. The van der Waals surface area contributed by atoms with Crippen molar-refractivity contribution in [3.05, 3.63) is 0 Å². The number of aliphatic hydroxyl groups is 1. The van der Waals surface area contributed by atoms with E-state index in [1.54, 1.807) is 0 Å². The fourth-order valence-corrected chi connectivity index (χ4v) is 10.4. The van der Waals surface area contributed by atoms with Crippen molar-refractivity contribution >= 4 is 11.9 Å². The first-order valence-corrected chi connectivity index (χ1v) is 15.0. The van der Waals surface area contributed by atoms with Crippen LogP contribution in [0.1, 0.15) is 119 Å². The van der Waals surface area contributed by atoms with Crippen molar-refractivity contribution < 1.29 is 19.4 Å². The van der Waals surface area contributed by atoms with Gasteiger partial charge in [0, 0.05) is 13.8 Å². The number of hydrogen-bond acceptors (Lipinski definition) is 4. The Balaban J connectivity index is 1.66. The highest BCUT2D eigenvalue weighted by Gasteiger charge is 2.70. The van der Waals surface area contributed by atoms with Crippen molar-refractivity contribution in [3.63, 3.8) is 0 Å². The summed E-state index contributed by atoms with van der Waals surface area (Å²) >= 11 is 0. The van der Waals surface area contributed by atoms with Gasteiger partial charge in [-0.2, -0.15) is 0 Å². The van der Waals surface area contributed by atoms with Gasteiger partial charge in [0.2, 0.25) is 5.91 Å². The van der Waals surface area contributed by atoms with Crippen LogP contribution in [0.2, 0.25) is 0 Å². The van der Waals surface area contributed by atoms with Crippen molar-refractivity contribution in [2.75, 3.05) is 0 Å². The molecular formula is C31H53NO4. The maximum Gasteiger partial charge on any atom is 0.302 e. The second-order valence-electron chi connectivity index (χ2n) is 14.1. The SMILES string of the molecule is CC(=O)N[C@]12[C@@H](O)CCC[C@]1(C)[C@@H]1CC[C@@]3(C)[C@H](CC[C@@H]3[C@H](C)CCCC(C)C)[C@@H]1C[C@H]2OC(C)=O. The fourth-order valence-electron chi connectivity index (χ4n) is 10.4. The van der Waals surface area contributed by atoms with Gasteiger partial charge in [0.25, 0.3) is 0 Å². The topological polar surface area (TPSA) is 75.6 Å². The second kappa shape index (κ2) is 10.2. The number of aliphatic hydroxyl groups excluding tert-OH is 1. The normalized spacial score (nSPS) is 44.8. The minimum Gasteiger partial charge on any atom is -0.460 e. The summed E-state index contributed by atoms with van der Waals surface area (Å²) in [6.07, 6.45) is 11.0. The van der Waals surface area contributed by atoms with Crippen LogP contribution in [0.5, 0.6) is 0 Å². The predicted octanol–water partition coefficient (Wildman–Crippen LogP) is 6.27. The van der Waals surface area contributed by atoms with Gasteiger partial charge in [-0.3, -0.25) is 9.59 Å². The number of fused-ring (bicyclic) bond motifs is 5. The van der Waals surface area contributed by atoms with Gasteiger partial charge in [-0.15, -0.1) is 0 Å². The highest BCUT2D eigenvalue weighted by atomic mass is 16.5. The summed E-state index contributed by atoms with van der Waals surface area (Å²) in [4.78, 5) is 24.9. The van der Waals surface area contributed by atoms with Crippen LogP contribution >= 0.6 is 0 Å². The number of carbonyl (C=O) groups is 2. The van der Waals surface area contributed by atoms with E-state index in [2.05, 4.69) is 39.9 Å². The zero-order chi connectivity index (χ0) is 26.5. The van der Waals surface area contributed by atoms with Crippen LogP contribution in [-0.2, 0) is 14.3 Å². The number of ether oxygens (including phenoxy) is 1. The lowest BCUT2D eigenvalue weighted by molar-refractivity contribution is -0.226. The van der Waals surface area contributed by atoms with Crippen molar-refractivity contribution in [2.24, 2.45) is 46.3 Å². The van der Waals surface area contributed by atoms with Crippen LogP contribution in [-0.4, -0.2) is 34.7 Å². The quantitative estimate of drug-likeness (QED) is 0.402. The molecule has 4 fully saturated rings. The largest absolute Gasteiger partial charge is 0.460 e. The summed E-state index contributed by atoms with van der Waals surface area (Å²) in [5, 5.41) is 14.7. The standard InChI is InChI=1S/C31H53NO4/c1-19(2)10-8-11-20(3)24-13-14-25-23-18-28(36-22(5)34)31(32-21(4)33)27(35)12-9-16-30(31,7)26(23)15-17-29(24,25)6/h19-20,23-28,35H,8-18H2,1-7H3,(H,32,33)/t20-,23+,24-,25-,26-,27+,28-,29-,30-,31+/m1/s1. The van der Waals surface area contributed by atoms with E-state index in [9.17, 15) is 14.7 Å². The minimum atomic E-state index is -0.903.